The molecule has 1 heterocycles. The van der Waals surface area contributed by atoms with Crippen molar-refractivity contribution in [1.82, 2.24) is 26.2 Å². The topological polar surface area (TPSA) is 123 Å². The second-order valence-electron chi connectivity index (χ2n) is 11.4. The molecule has 2 aliphatic rings. The molecule has 1 aliphatic carbocycles. The molecule has 0 unspecified atom stereocenters. The summed E-state index contributed by atoms with van der Waals surface area (Å²) >= 11 is 6.43. The first kappa shape index (κ1) is 32.0. The van der Waals surface area contributed by atoms with Gasteiger partial charge in [0.05, 0.1) is 5.54 Å². The fourth-order valence-corrected chi connectivity index (χ4v) is 6.77. The molecule has 1 aliphatic heterocycles. The number of rotatable bonds is 13. The standard InChI is InChI=1S/C30H48ClN5O4/c1-3-27(37)35-30(15-9-16-33-29(39)40,23-12-7-14-25(31)19-23)24-13-8-17-36(21-24)28(38)34-26(20-32-2)18-22-10-5-4-6-11-22/h7,12,14,19,22,24,26,32-33H,3-6,8-11,13,15-18,20-21H2,1-2H3,(H,34,38)(H,35,37)(H,39,40)/t24-,26+,30+/m1/s1. The smallest absolute Gasteiger partial charge is 0.404 e. The number of carbonyl (C=O) groups excluding carboxylic acids is 2. The lowest BCUT2D eigenvalue weighted by Gasteiger charge is -2.47. The number of hydrogen-bond acceptors (Lipinski definition) is 4. The lowest BCUT2D eigenvalue weighted by Crippen LogP contribution is -2.58. The molecule has 0 aromatic heterocycles. The number of hydrogen-bond donors (Lipinski definition) is 5. The molecule has 2 fully saturated rings. The number of carboxylic acid groups (broad SMARTS) is 1. The molecule has 1 aromatic rings. The minimum Gasteiger partial charge on any atom is -0.465 e. The van der Waals surface area contributed by atoms with Crippen molar-refractivity contribution in [1.29, 1.82) is 0 Å². The van der Waals surface area contributed by atoms with E-state index in [1.54, 1.807) is 6.07 Å². The maximum absolute atomic E-state index is 13.6. The van der Waals surface area contributed by atoms with Crippen LogP contribution in [0.5, 0.6) is 0 Å². The summed E-state index contributed by atoms with van der Waals surface area (Å²) in [6, 6.07) is 7.54. The quantitative estimate of drug-likeness (QED) is 0.209. The summed E-state index contributed by atoms with van der Waals surface area (Å²) in [5, 5.41) is 22.0. The second kappa shape index (κ2) is 16.1. The number of urea groups is 1. The third kappa shape index (κ3) is 9.26. The van der Waals surface area contributed by atoms with Crippen LogP contribution in [0, 0.1) is 11.8 Å². The molecule has 1 aromatic carbocycles. The van der Waals surface area contributed by atoms with E-state index < -0.39 is 11.6 Å². The lowest BCUT2D eigenvalue weighted by atomic mass is 9.71. The van der Waals surface area contributed by atoms with Gasteiger partial charge in [-0.15, -0.1) is 0 Å². The number of carbonyl (C=O) groups is 3. The highest BCUT2D eigenvalue weighted by atomic mass is 35.5. The highest BCUT2D eigenvalue weighted by molar-refractivity contribution is 6.30. The molecule has 0 radical (unpaired) electrons. The molecule has 4 amide bonds. The average molecular weight is 578 g/mol. The van der Waals surface area contributed by atoms with Crippen LogP contribution in [0.15, 0.2) is 24.3 Å². The number of piperidine rings is 1. The van der Waals surface area contributed by atoms with Crippen LogP contribution in [0.25, 0.3) is 0 Å². The van der Waals surface area contributed by atoms with Gasteiger partial charge in [0.2, 0.25) is 5.91 Å². The molecule has 40 heavy (non-hydrogen) atoms. The van der Waals surface area contributed by atoms with Crippen molar-refractivity contribution in [3.05, 3.63) is 34.9 Å². The summed E-state index contributed by atoms with van der Waals surface area (Å²) in [5.41, 5.74) is 0.0959. The molecule has 1 saturated heterocycles. The summed E-state index contributed by atoms with van der Waals surface area (Å²) < 4.78 is 0. The molecular weight excluding hydrogens is 530 g/mol. The first-order valence-corrected chi connectivity index (χ1v) is 15.4. The van der Waals surface area contributed by atoms with Gasteiger partial charge in [0.25, 0.3) is 0 Å². The number of halogens is 1. The van der Waals surface area contributed by atoms with E-state index in [4.69, 9.17) is 16.7 Å². The molecule has 0 spiro atoms. The van der Waals surface area contributed by atoms with Gasteiger partial charge >= 0.3 is 12.1 Å². The van der Waals surface area contributed by atoms with E-state index in [0.717, 1.165) is 31.4 Å². The maximum atomic E-state index is 13.6. The van der Waals surface area contributed by atoms with Crippen LogP contribution in [0.3, 0.4) is 0 Å². The van der Waals surface area contributed by atoms with Crippen LogP contribution >= 0.6 is 11.6 Å². The largest absolute Gasteiger partial charge is 0.465 e. The van der Waals surface area contributed by atoms with Crippen molar-refractivity contribution in [2.75, 3.05) is 33.2 Å². The Hall–Kier alpha value is -2.52. The summed E-state index contributed by atoms with van der Waals surface area (Å²) in [7, 11) is 1.92. The number of benzene rings is 1. The third-order valence-corrected chi connectivity index (χ3v) is 8.81. The first-order valence-electron chi connectivity index (χ1n) is 15.0. The van der Waals surface area contributed by atoms with E-state index >= 15 is 0 Å². The molecular formula is C30H48ClN5O4. The van der Waals surface area contributed by atoms with Crippen molar-refractivity contribution in [2.24, 2.45) is 11.8 Å². The van der Waals surface area contributed by atoms with Crippen LogP contribution in [-0.2, 0) is 10.3 Å². The van der Waals surface area contributed by atoms with Crippen molar-refractivity contribution in [3.8, 4) is 0 Å². The number of amides is 4. The summed E-state index contributed by atoms with van der Waals surface area (Å²) in [6.07, 6.45) is 9.24. The van der Waals surface area contributed by atoms with Crippen LogP contribution in [0.2, 0.25) is 5.02 Å². The van der Waals surface area contributed by atoms with Gasteiger partial charge in [-0.25, -0.2) is 9.59 Å². The van der Waals surface area contributed by atoms with E-state index in [1.165, 1.54) is 32.1 Å². The Bertz CT molecular complexity index is 973. The van der Waals surface area contributed by atoms with Crippen molar-refractivity contribution in [2.45, 2.75) is 89.1 Å². The predicted molar refractivity (Wildman–Crippen MR) is 159 cm³/mol. The molecule has 9 nitrogen and oxygen atoms in total. The Kier molecular flexibility index (Phi) is 12.8. The van der Waals surface area contributed by atoms with Crippen LogP contribution in [0.4, 0.5) is 9.59 Å². The SMILES string of the molecule is CCC(=O)N[C@@](CCCNC(=O)O)(c1cccc(Cl)c1)[C@@H]1CCCN(C(=O)N[C@H](CNC)CC2CCCCC2)C1. The van der Waals surface area contributed by atoms with Crippen molar-refractivity contribution >= 4 is 29.6 Å². The average Bonchev–Trinajstić information content (AvgIpc) is 2.95. The fraction of sp³-hybridized carbons (Fsp3) is 0.700. The Morgan fingerprint density at radius 2 is 1.93 bits per heavy atom. The Morgan fingerprint density at radius 3 is 2.60 bits per heavy atom. The summed E-state index contributed by atoms with van der Waals surface area (Å²) in [5.74, 6) is 0.502. The number of likely N-dealkylation sites (N-methyl/N-ethyl adjacent to an activating group) is 1. The molecule has 3 rings (SSSR count). The van der Waals surface area contributed by atoms with E-state index in [9.17, 15) is 14.4 Å². The minimum absolute atomic E-state index is 0.0601. The molecule has 3 atom stereocenters. The molecule has 1 saturated carbocycles. The fourth-order valence-electron chi connectivity index (χ4n) is 6.58. The van der Waals surface area contributed by atoms with Gasteiger partial charge < -0.3 is 31.3 Å². The van der Waals surface area contributed by atoms with Gasteiger partial charge in [-0.1, -0.05) is 62.8 Å². The van der Waals surface area contributed by atoms with E-state index in [2.05, 4.69) is 21.3 Å². The predicted octanol–water partition coefficient (Wildman–Crippen LogP) is 5.09. The Morgan fingerprint density at radius 1 is 1.15 bits per heavy atom. The van der Waals surface area contributed by atoms with E-state index in [-0.39, 0.29) is 30.4 Å². The highest BCUT2D eigenvalue weighted by Crippen LogP contribution is 2.40. The summed E-state index contributed by atoms with van der Waals surface area (Å²) in [6.45, 7) is 3.97. The normalized spacial score (nSPS) is 20.3. The Balaban J connectivity index is 1.82. The maximum Gasteiger partial charge on any atom is 0.404 e. The van der Waals surface area contributed by atoms with Crippen molar-refractivity contribution < 1.29 is 19.5 Å². The van der Waals surface area contributed by atoms with E-state index in [0.29, 0.717) is 43.3 Å². The van der Waals surface area contributed by atoms with Gasteiger partial charge in [0.1, 0.15) is 0 Å². The van der Waals surface area contributed by atoms with Crippen molar-refractivity contribution in [3.63, 3.8) is 0 Å². The highest BCUT2D eigenvalue weighted by Gasteiger charge is 2.44. The molecule has 5 N–H and O–H groups in total. The number of nitrogens with one attached hydrogen (secondary N) is 4. The lowest BCUT2D eigenvalue weighted by molar-refractivity contribution is -0.124. The first-order chi connectivity index (χ1) is 19.3. The number of nitrogens with zero attached hydrogens (tertiary/aromatic N) is 1. The second-order valence-corrected chi connectivity index (χ2v) is 11.9. The molecule has 224 valence electrons. The Labute approximate surface area is 244 Å². The van der Waals surface area contributed by atoms with Gasteiger partial charge in [0, 0.05) is 49.6 Å². The zero-order chi connectivity index (χ0) is 29.0. The minimum atomic E-state index is -1.07. The van der Waals surface area contributed by atoms with Gasteiger partial charge in [0.15, 0.2) is 0 Å². The zero-order valence-corrected chi connectivity index (χ0v) is 24.9. The van der Waals surface area contributed by atoms with Gasteiger partial charge in [-0.05, 0) is 62.8 Å². The van der Waals surface area contributed by atoms with Gasteiger partial charge in [-0.3, -0.25) is 4.79 Å². The van der Waals surface area contributed by atoms with Crippen LogP contribution < -0.4 is 21.3 Å². The zero-order valence-electron chi connectivity index (χ0n) is 24.1. The number of likely N-dealkylation sites (tertiary alicyclic amines) is 1. The van der Waals surface area contributed by atoms with Crippen LogP contribution in [-0.4, -0.2) is 67.3 Å². The monoisotopic (exact) mass is 577 g/mol. The summed E-state index contributed by atoms with van der Waals surface area (Å²) in [4.78, 5) is 39.5. The molecule has 0 bridgehead atoms. The molecule has 10 heteroatoms. The van der Waals surface area contributed by atoms with Gasteiger partial charge in [-0.2, -0.15) is 0 Å². The third-order valence-electron chi connectivity index (χ3n) is 8.57. The van der Waals surface area contributed by atoms with Crippen LogP contribution in [0.1, 0.15) is 83.1 Å². The van der Waals surface area contributed by atoms with E-state index in [1.807, 2.05) is 37.1 Å².